The molecule has 0 aromatic heterocycles. The van der Waals surface area contributed by atoms with Crippen LogP contribution in [0.5, 0.6) is 0 Å². The van der Waals surface area contributed by atoms with E-state index in [4.69, 9.17) is 5.73 Å². The lowest BCUT2D eigenvalue weighted by Gasteiger charge is -2.28. The second-order valence-electron chi connectivity index (χ2n) is 6.93. The largest absolute Gasteiger partial charge is 0.356 e. The van der Waals surface area contributed by atoms with E-state index in [-0.39, 0.29) is 5.91 Å². The van der Waals surface area contributed by atoms with E-state index >= 15 is 0 Å². The van der Waals surface area contributed by atoms with Crippen LogP contribution in [0.1, 0.15) is 64.7 Å². The number of nitrogens with one attached hydrogen (secondary N) is 1. The zero-order valence-corrected chi connectivity index (χ0v) is 12.4. The van der Waals surface area contributed by atoms with Gasteiger partial charge in [0.1, 0.15) is 0 Å². The maximum atomic E-state index is 12.0. The van der Waals surface area contributed by atoms with Crippen molar-refractivity contribution in [2.45, 2.75) is 70.8 Å². The number of hydrogen-bond acceptors (Lipinski definition) is 2. The summed E-state index contributed by atoms with van der Waals surface area (Å²) in [5, 5.41) is 3.16. The summed E-state index contributed by atoms with van der Waals surface area (Å²) in [6.07, 6.45) is 10.5. The van der Waals surface area contributed by atoms with Crippen LogP contribution in [-0.4, -0.2) is 18.5 Å². The highest BCUT2D eigenvalue weighted by atomic mass is 16.1. The molecule has 0 aliphatic heterocycles. The van der Waals surface area contributed by atoms with Gasteiger partial charge in [-0.15, -0.1) is 0 Å². The summed E-state index contributed by atoms with van der Waals surface area (Å²) in [5.41, 5.74) is 5.90. The summed E-state index contributed by atoms with van der Waals surface area (Å²) < 4.78 is 0. The van der Waals surface area contributed by atoms with Crippen molar-refractivity contribution in [1.82, 2.24) is 5.32 Å². The molecule has 1 amide bonds. The summed E-state index contributed by atoms with van der Waals surface area (Å²) in [5.74, 6) is 2.40. The van der Waals surface area contributed by atoms with Gasteiger partial charge in [-0.3, -0.25) is 4.79 Å². The second-order valence-corrected chi connectivity index (χ2v) is 6.93. The number of nitrogens with two attached hydrogens (primary N) is 1. The summed E-state index contributed by atoms with van der Waals surface area (Å²) in [6, 6.07) is 0.378. The molecule has 2 aliphatic rings. The van der Waals surface area contributed by atoms with Crippen LogP contribution in [0.15, 0.2) is 0 Å². The van der Waals surface area contributed by atoms with E-state index in [0.29, 0.717) is 17.9 Å². The van der Waals surface area contributed by atoms with E-state index in [1.807, 2.05) is 0 Å². The molecule has 0 saturated heterocycles. The Kier molecular flexibility index (Phi) is 5.68. The van der Waals surface area contributed by atoms with Crippen molar-refractivity contribution in [3.05, 3.63) is 0 Å². The van der Waals surface area contributed by atoms with Crippen LogP contribution < -0.4 is 11.1 Å². The van der Waals surface area contributed by atoms with Crippen LogP contribution in [-0.2, 0) is 4.79 Å². The third-order valence-electron chi connectivity index (χ3n) is 5.00. The van der Waals surface area contributed by atoms with Crippen molar-refractivity contribution in [3.63, 3.8) is 0 Å². The highest BCUT2D eigenvalue weighted by Crippen LogP contribution is 2.28. The Balaban J connectivity index is 1.61. The van der Waals surface area contributed by atoms with Crippen LogP contribution >= 0.6 is 0 Å². The van der Waals surface area contributed by atoms with Crippen molar-refractivity contribution in [2.24, 2.45) is 23.5 Å². The molecule has 0 spiro atoms. The van der Waals surface area contributed by atoms with E-state index in [1.165, 1.54) is 25.7 Å². The molecule has 2 atom stereocenters. The van der Waals surface area contributed by atoms with E-state index < -0.39 is 0 Å². The Morgan fingerprint density at radius 1 is 1.11 bits per heavy atom. The first-order chi connectivity index (χ1) is 9.13. The van der Waals surface area contributed by atoms with Gasteiger partial charge in [0.05, 0.1) is 0 Å². The minimum Gasteiger partial charge on any atom is -0.356 e. The van der Waals surface area contributed by atoms with Gasteiger partial charge in [-0.25, -0.2) is 0 Å². The molecule has 2 fully saturated rings. The predicted octanol–water partition coefficient (Wildman–Crippen LogP) is 2.84. The fourth-order valence-corrected chi connectivity index (χ4v) is 3.73. The van der Waals surface area contributed by atoms with Gasteiger partial charge >= 0.3 is 0 Å². The molecule has 2 unspecified atom stereocenters. The minimum absolute atomic E-state index is 0.263. The number of hydrogen-bond donors (Lipinski definition) is 2. The Bertz CT molecular complexity index is 284. The van der Waals surface area contributed by atoms with Gasteiger partial charge in [-0.05, 0) is 56.3 Å². The van der Waals surface area contributed by atoms with Gasteiger partial charge in [-0.2, -0.15) is 0 Å². The van der Waals surface area contributed by atoms with Crippen LogP contribution in [0.4, 0.5) is 0 Å². The van der Waals surface area contributed by atoms with Crippen LogP contribution in [0.3, 0.4) is 0 Å². The molecule has 0 aromatic carbocycles. The fraction of sp³-hybridized carbons (Fsp3) is 0.938. The molecule has 19 heavy (non-hydrogen) atoms. The van der Waals surface area contributed by atoms with Crippen LogP contribution in [0, 0.1) is 17.8 Å². The second kappa shape index (κ2) is 7.28. The van der Waals surface area contributed by atoms with Gasteiger partial charge in [0.15, 0.2) is 0 Å². The lowest BCUT2D eigenvalue weighted by molar-refractivity contribution is -0.122. The Morgan fingerprint density at radius 3 is 2.53 bits per heavy atom. The molecule has 3 heteroatoms. The summed E-state index contributed by atoms with van der Waals surface area (Å²) in [6.45, 7) is 3.23. The highest BCUT2D eigenvalue weighted by Gasteiger charge is 2.22. The molecule has 0 aromatic rings. The van der Waals surface area contributed by atoms with E-state index in [9.17, 15) is 4.79 Å². The van der Waals surface area contributed by atoms with Gasteiger partial charge < -0.3 is 11.1 Å². The molecule has 0 bridgehead atoms. The maximum Gasteiger partial charge on any atom is 0.220 e. The molecule has 0 heterocycles. The Labute approximate surface area is 117 Å². The third-order valence-corrected chi connectivity index (χ3v) is 5.00. The van der Waals surface area contributed by atoms with Gasteiger partial charge in [0, 0.05) is 19.0 Å². The average molecular weight is 266 g/mol. The molecule has 2 saturated carbocycles. The van der Waals surface area contributed by atoms with Crippen LogP contribution in [0.2, 0.25) is 0 Å². The quantitative estimate of drug-likeness (QED) is 0.822. The molecule has 110 valence electrons. The number of amides is 1. The third kappa shape index (κ3) is 5.13. The SMILES string of the molecule is CC1CCCC(CNC(=O)CC2CCC(N)CC2)C1. The van der Waals surface area contributed by atoms with Crippen molar-refractivity contribution in [3.8, 4) is 0 Å². The lowest BCUT2D eigenvalue weighted by Crippen LogP contribution is -2.34. The maximum absolute atomic E-state index is 12.0. The molecular formula is C16H30N2O. The Hall–Kier alpha value is -0.570. The van der Waals surface area contributed by atoms with Crippen LogP contribution in [0.25, 0.3) is 0 Å². The number of carbonyl (C=O) groups excluding carboxylic acids is 1. The van der Waals surface area contributed by atoms with Gasteiger partial charge in [-0.1, -0.05) is 19.8 Å². The molecule has 3 nitrogen and oxygen atoms in total. The summed E-state index contributed by atoms with van der Waals surface area (Å²) >= 11 is 0. The monoisotopic (exact) mass is 266 g/mol. The smallest absolute Gasteiger partial charge is 0.220 e. The first kappa shape index (κ1) is 14.8. The number of rotatable bonds is 4. The van der Waals surface area contributed by atoms with Gasteiger partial charge in [0.25, 0.3) is 0 Å². The summed E-state index contributed by atoms with van der Waals surface area (Å²) in [4.78, 5) is 12.0. The Morgan fingerprint density at radius 2 is 1.84 bits per heavy atom. The molecule has 2 rings (SSSR count). The standard InChI is InChI=1S/C16H30N2O/c1-12-3-2-4-14(9-12)11-18-16(19)10-13-5-7-15(17)8-6-13/h12-15H,2-11,17H2,1H3,(H,18,19). The minimum atomic E-state index is 0.263. The number of carbonyl (C=O) groups is 1. The molecular weight excluding hydrogens is 236 g/mol. The summed E-state index contributed by atoms with van der Waals surface area (Å²) in [7, 11) is 0. The molecule has 0 radical (unpaired) electrons. The van der Waals surface area contributed by atoms with Crippen molar-refractivity contribution in [2.75, 3.05) is 6.54 Å². The predicted molar refractivity (Wildman–Crippen MR) is 78.7 cm³/mol. The first-order valence-electron chi connectivity index (χ1n) is 8.15. The normalized spacial score (nSPS) is 35.9. The van der Waals surface area contributed by atoms with Gasteiger partial charge in [0.2, 0.25) is 5.91 Å². The molecule has 3 N–H and O–H groups in total. The van der Waals surface area contributed by atoms with Crippen molar-refractivity contribution < 1.29 is 4.79 Å². The van der Waals surface area contributed by atoms with E-state index in [1.54, 1.807) is 0 Å². The van der Waals surface area contributed by atoms with Crippen molar-refractivity contribution in [1.29, 1.82) is 0 Å². The van der Waals surface area contributed by atoms with E-state index in [2.05, 4.69) is 12.2 Å². The highest BCUT2D eigenvalue weighted by molar-refractivity contribution is 5.76. The lowest BCUT2D eigenvalue weighted by atomic mass is 9.82. The molecule has 2 aliphatic carbocycles. The zero-order valence-electron chi connectivity index (χ0n) is 12.4. The topological polar surface area (TPSA) is 55.1 Å². The zero-order chi connectivity index (χ0) is 13.7. The fourth-order valence-electron chi connectivity index (χ4n) is 3.73. The van der Waals surface area contributed by atoms with E-state index in [0.717, 1.165) is 44.6 Å². The van der Waals surface area contributed by atoms with Crippen molar-refractivity contribution >= 4 is 5.91 Å². The first-order valence-corrected chi connectivity index (χ1v) is 8.15. The average Bonchev–Trinajstić information content (AvgIpc) is 2.39.